The highest BCUT2D eigenvalue weighted by Crippen LogP contribution is 2.36. The van der Waals surface area contributed by atoms with Crippen molar-refractivity contribution in [3.05, 3.63) is 30.0 Å². The van der Waals surface area contributed by atoms with Crippen molar-refractivity contribution in [2.24, 2.45) is 7.05 Å². The minimum atomic E-state index is 0.871. The summed E-state index contributed by atoms with van der Waals surface area (Å²) in [6.45, 7) is 10.5. The number of methoxy groups -OCH3 is 1. The van der Waals surface area contributed by atoms with Gasteiger partial charge in [0.2, 0.25) is 0 Å². The third kappa shape index (κ3) is 3.16. The van der Waals surface area contributed by atoms with E-state index < -0.39 is 0 Å². The Morgan fingerprint density at radius 2 is 2.00 bits per heavy atom. The van der Waals surface area contributed by atoms with E-state index in [0.29, 0.717) is 0 Å². The first kappa shape index (κ1) is 17.5. The molecule has 0 saturated carbocycles. The summed E-state index contributed by atoms with van der Waals surface area (Å²) in [6.07, 6.45) is 1.96. The molecule has 5 nitrogen and oxygen atoms in total. The van der Waals surface area contributed by atoms with Gasteiger partial charge in [0.1, 0.15) is 11.6 Å². The number of likely N-dealkylation sites (N-methyl/N-ethyl adjacent to an activating group) is 1. The monoisotopic (exact) mass is 340 g/mol. The molecule has 0 bridgehead atoms. The Balaban J connectivity index is 2.06. The van der Waals surface area contributed by atoms with Crippen molar-refractivity contribution >= 4 is 27.6 Å². The van der Waals surface area contributed by atoms with E-state index in [4.69, 9.17) is 9.72 Å². The quantitative estimate of drug-likeness (QED) is 0.710. The van der Waals surface area contributed by atoms with Crippen LogP contribution in [-0.4, -0.2) is 47.7 Å². The zero-order chi connectivity index (χ0) is 18.0. The van der Waals surface area contributed by atoms with Crippen LogP contribution < -0.4 is 10.1 Å². The average Bonchev–Trinajstić information content (AvgIpc) is 2.94. The van der Waals surface area contributed by atoms with Crippen LogP contribution in [0, 0.1) is 6.92 Å². The van der Waals surface area contributed by atoms with E-state index in [-0.39, 0.29) is 0 Å². The molecule has 2 aromatic heterocycles. The lowest BCUT2D eigenvalue weighted by Gasteiger charge is -2.18. The van der Waals surface area contributed by atoms with Gasteiger partial charge in [0.15, 0.2) is 0 Å². The van der Waals surface area contributed by atoms with Gasteiger partial charge in [-0.1, -0.05) is 13.8 Å². The lowest BCUT2D eigenvalue weighted by molar-refractivity contribution is 0.316. The van der Waals surface area contributed by atoms with Gasteiger partial charge in [-0.05, 0) is 43.8 Å². The summed E-state index contributed by atoms with van der Waals surface area (Å²) in [5, 5.41) is 5.91. The fourth-order valence-corrected chi connectivity index (χ4v) is 3.55. The number of pyridine rings is 1. The first-order chi connectivity index (χ1) is 12.1. The summed E-state index contributed by atoms with van der Waals surface area (Å²) in [4.78, 5) is 7.10. The summed E-state index contributed by atoms with van der Waals surface area (Å²) in [7, 11) is 3.82. The molecule has 0 saturated heterocycles. The summed E-state index contributed by atoms with van der Waals surface area (Å²) in [6, 6.07) is 6.24. The largest absolute Gasteiger partial charge is 0.497 e. The van der Waals surface area contributed by atoms with Gasteiger partial charge in [-0.2, -0.15) is 0 Å². The maximum absolute atomic E-state index is 5.44. The molecule has 134 valence electrons. The predicted octanol–water partition coefficient (Wildman–Crippen LogP) is 3.80. The Hall–Kier alpha value is -2.27. The van der Waals surface area contributed by atoms with Crippen LogP contribution >= 0.6 is 0 Å². The Labute approximate surface area is 149 Å². The maximum Gasteiger partial charge on any atom is 0.136 e. The third-order valence-electron chi connectivity index (χ3n) is 5.02. The van der Waals surface area contributed by atoms with E-state index in [9.17, 15) is 0 Å². The fraction of sp³-hybridized carbons (Fsp3) is 0.450. The number of benzene rings is 1. The molecule has 0 aliphatic rings. The van der Waals surface area contributed by atoms with Gasteiger partial charge in [-0.15, -0.1) is 0 Å². The molecule has 0 amide bonds. The van der Waals surface area contributed by atoms with Crippen LogP contribution in [0.3, 0.4) is 0 Å². The Bertz CT molecular complexity index is 880. The topological polar surface area (TPSA) is 42.3 Å². The lowest BCUT2D eigenvalue weighted by atomic mass is 10.1. The van der Waals surface area contributed by atoms with Crippen LogP contribution in [-0.2, 0) is 7.05 Å². The van der Waals surface area contributed by atoms with E-state index >= 15 is 0 Å². The second-order valence-electron chi connectivity index (χ2n) is 6.41. The van der Waals surface area contributed by atoms with E-state index in [2.05, 4.69) is 54.7 Å². The second kappa shape index (κ2) is 7.31. The smallest absolute Gasteiger partial charge is 0.136 e. The molecule has 0 fully saturated rings. The number of nitrogens with one attached hydrogen (secondary N) is 1. The van der Waals surface area contributed by atoms with Crippen LogP contribution in [0.15, 0.2) is 24.4 Å². The summed E-state index contributed by atoms with van der Waals surface area (Å²) in [5.41, 5.74) is 3.60. The zero-order valence-electron chi connectivity index (χ0n) is 15.9. The van der Waals surface area contributed by atoms with Crippen molar-refractivity contribution in [1.29, 1.82) is 0 Å². The van der Waals surface area contributed by atoms with E-state index in [0.717, 1.165) is 37.7 Å². The summed E-state index contributed by atoms with van der Waals surface area (Å²) in [5.74, 6) is 1.82. The second-order valence-corrected chi connectivity index (χ2v) is 6.41. The van der Waals surface area contributed by atoms with E-state index in [1.54, 1.807) is 7.11 Å². The number of nitrogens with zero attached hydrogens (tertiary/aromatic N) is 3. The predicted molar refractivity (Wildman–Crippen MR) is 106 cm³/mol. The molecule has 25 heavy (non-hydrogen) atoms. The number of hydrogen-bond donors (Lipinski definition) is 1. The van der Waals surface area contributed by atoms with Crippen LogP contribution in [0.5, 0.6) is 5.75 Å². The Kier molecular flexibility index (Phi) is 5.13. The molecule has 1 aromatic carbocycles. The molecule has 0 unspecified atom stereocenters. The molecule has 0 atom stereocenters. The molecule has 0 radical (unpaired) electrons. The zero-order valence-corrected chi connectivity index (χ0v) is 15.9. The Morgan fingerprint density at radius 1 is 1.24 bits per heavy atom. The number of aromatic nitrogens is 2. The van der Waals surface area contributed by atoms with Crippen LogP contribution in [0.2, 0.25) is 0 Å². The number of rotatable bonds is 7. The lowest BCUT2D eigenvalue weighted by Crippen LogP contribution is -2.28. The molecule has 2 heterocycles. The van der Waals surface area contributed by atoms with Gasteiger partial charge in [0.25, 0.3) is 0 Å². The fourth-order valence-electron chi connectivity index (χ4n) is 3.55. The van der Waals surface area contributed by atoms with Crippen LogP contribution in [0.4, 0.5) is 5.82 Å². The van der Waals surface area contributed by atoms with Crippen molar-refractivity contribution in [3.8, 4) is 5.75 Å². The highest BCUT2D eigenvalue weighted by Gasteiger charge is 2.16. The molecule has 0 aliphatic carbocycles. The standard InChI is InChI=1S/C20H28N4O/c1-6-24(7-2)11-10-21-20-18-16-12-15(25-5)8-9-17(16)23(4)19(18)14(3)13-22-20/h8-9,12-13H,6-7,10-11H2,1-5H3,(H,21,22). The summed E-state index contributed by atoms with van der Waals surface area (Å²) >= 11 is 0. The van der Waals surface area contributed by atoms with Crippen molar-refractivity contribution in [1.82, 2.24) is 14.5 Å². The minimum absolute atomic E-state index is 0.871. The molecule has 1 N–H and O–H groups in total. The van der Waals surface area contributed by atoms with Crippen LogP contribution in [0.1, 0.15) is 19.4 Å². The molecular weight excluding hydrogens is 312 g/mol. The molecular formula is C20H28N4O. The minimum Gasteiger partial charge on any atom is -0.497 e. The number of anilines is 1. The maximum atomic E-state index is 5.44. The number of hydrogen-bond acceptors (Lipinski definition) is 4. The van der Waals surface area contributed by atoms with Crippen molar-refractivity contribution in [2.75, 3.05) is 38.6 Å². The normalized spacial score (nSPS) is 11.6. The van der Waals surface area contributed by atoms with Gasteiger partial charge in [-0.3, -0.25) is 0 Å². The number of ether oxygens (including phenoxy) is 1. The van der Waals surface area contributed by atoms with Crippen molar-refractivity contribution < 1.29 is 4.74 Å². The highest BCUT2D eigenvalue weighted by atomic mass is 16.5. The summed E-state index contributed by atoms with van der Waals surface area (Å²) < 4.78 is 7.68. The van der Waals surface area contributed by atoms with E-state index in [1.807, 2.05) is 12.3 Å². The molecule has 0 spiro atoms. The van der Waals surface area contributed by atoms with Crippen LogP contribution in [0.25, 0.3) is 21.8 Å². The molecule has 3 aromatic rings. The number of fused-ring (bicyclic) bond motifs is 3. The first-order valence-corrected chi connectivity index (χ1v) is 8.98. The van der Waals surface area contributed by atoms with Gasteiger partial charge in [-0.25, -0.2) is 4.98 Å². The van der Waals surface area contributed by atoms with Crippen molar-refractivity contribution in [3.63, 3.8) is 0 Å². The molecule has 3 rings (SSSR count). The molecule has 0 aliphatic heterocycles. The van der Waals surface area contributed by atoms with Gasteiger partial charge < -0.3 is 19.5 Å². The van der Waals surface area contributed by atoms with Gasteiger partial charge in [0, 0.05) is 37.2 Å². The average molecular weight is 340 g/mol. The van der Waals surface area contributed by atoms with E-state index in [1.165, 1.54) is 27.4 Å². The SMILES string of the molecule is CCN(CC)CCNc1ncc(C)c2c1c1cc(OC)ccc1n2C. The van der Waals surface area contributed by atoms with Crippen molar-refractivity contribution in [2.45, 2.75) is 20.8 Å². The first-order valence-electron chi connectivity index (χ1n) is 8.98. The molecule has 5 heteroatoms. The van der Waals surface area contributed by atoms with Gasteiger partial charge >= 0.3 is 0 Å². The number of aryl methyl sites for hydroxylation is 2. The Morgan fingerprint density at radius 3 is 2.68 bits per heavy atom. The highest BCUT2D eigenvalue weighted by molar-refractivity contribution is 6.14. The van der Waals surface area contributed by atoms with Gasteiger partial charge in [0.05, 0.1) is 18.0 Å². The third-order valence-corrected chi connectivity index (χ3v) is 5.02.